The molecule has 0 radical (unpaired) electrons. The highest BCUT2D eigenvalue weighted by Gasteiger charge is 2.09. The quantitative estimate of drug-likeness (QED) is 0.713. The lowest BCUT2D eigenvalue weighted by atomic mass is 10.1. The molecule has 2 heterocycles. The molecular formula is C14H12Br2N4. The molecule has 0 amide bonds. The molecule has 102 valence electrons. The number of rotatable bonds is 3. The summed E-state index contributed by atoms with van der Waals surface area (Å²) in [4.78, 5) is 4.45. The highest BCUT2D eigenvalue weighted by molar-refractivity contribution is 9.10. The van der Waals surface area contributed by atoms with Crippen molar-refractivity contribution in [2.24, 2.45) is 0 Å². The maximum absolute atomic E-state index is 4.45. The first kappa shape index (κ1) is 13.6. The van der Waals surface area contributed by atoms with Crippen LogP contribution in [0.4, 0.5) is 5.95 Å². The summed E-state index contributed by atoms with van der Waals surface area (Å²) < 4.78 is 3.79. The van der Waals surface area contributed by atoms with Crippen molar-refractivity contribution >= 4 is 43.5 Å². The monoisotopic (exact) mass is 394 g/mol. The van der Waals surface area contributed by atoms with E-state index in [0.717, 1.165) is 14.6 Å². The highest BCUT2D eigenvalue weighted by atomic mass is 79.9. The Labute approximate surface area is 133 Å². The lowest BCUT2D eigenvalue weighted by Gasteiger charge is -2.12. The molecular weight excluding hydrogens is 384 g/mol. The van der Waals surface area contributed by atoms with Gasteiger partial charge in [0.15, 0.2) is 5.65 Å². The van der Waals surface area contributed by atoms with E-state index in [4.69, 9.17) is 0 Å². The zero-order valence-corrected chi connectivity index (χ0v) is 13.9. The van der Waals surface area contributed by atoms with Gasteiger partial charge >= 0.3 is 0 Å². The zero-order chi connectivity index (χ0) is 14.1. The number of anilines is 1. The van der Waals surface area contributed by atoms with Crippen LogP contribution in [0.5, 0.6) is 0 Å². The van der Waals surface area contributed by atoms with E-state index in [-0.39, 0.29) is 6.04 Å². The molecule has 6 heteroatoms. The van der Waals surface area contributed by atoms with Crippen molar-refractivity contribution in [3.05, 3.63) is 57.1 Å². The Morgan fingerprint density at radius 2 is 2.00 bits per heavy atom. The summed E-state index contributed by atoms with van der Waals surface area (Å²) in [6.07, 6.45) is 1.89. The number of benzene rings is 1. The molecule has 0 saturated carbocycles. The largest absolute Gasteiger partial charge is 0.346 e. The van der Waals surface area contributed by atoms with Crippen molar-refractivity contribution in [1.82, 2.24) is 14.6 Å². The first-order valence-electron chi connectivity index (χ1n) is 6.16. The molecule has 4 nitrogen and oxygen atoms in total. The van der Waals surface area contributed by atoms with Crippen molar-refractivity contribution in [2.75, 3.05) is 5.32 Å². The molecule has 1 unspecified atom stereocenters. The summed E-state index contributed by atoms with van der Waals surface area (Å²) in [6.45, 7) is 2.09. The summed E-state index contributed by atoms with van der Waals surface area (Å²) in [5, 5.41) is 7.73. The smallest absolute Gasteiger partial charge is 0.243 e. The number of hydrogen-bond acceptors (Lipinski definition) is 3. The normalized spacial score (nSPS) is 12.6. The van der Waals surface area contributed by atoms with E-state index in [1.54, 1.807) is 4.52 Å². The van der Waals surface area contributed by atoms with E-state index in [2.05, 4.69) is 66.3 Å². The fraction of sp³-hybridized carbons (Fsp3) is 0.143. The van der Waals surface area contributed by atoms with E-state index in [1.165, 1.54) is 5.56 Å². The highest BCUT2D eigenvalue weighted by Crippen LogP contribution is 2.21. The Balaban J connectivity index is 1.85. The van der Waals surface area contributed by atoms with Crippen molar-refractivity contribution < 1.29 is 0 Å². The van der Waals surface area contributed by atoms with Gasteiger partial charge in [-0.25, -0.2) is 4.52 Å². The second-order valence-electron chi connectivity index (χ2n) is 4.51. The summed E-state index contributed by atoms with van der Waals surface area (Å²) in [5.41, 5.74) is 2.00. The van der Waals surface area contributed by atoms with Crippen LogP contribution in [0.2, 0.25) is 0 Å². The molecule has 1 aromatic carbocycles. The predicted molar refractivity (Wildman–Crippen MR) is 86.9 cm³/mol. The number of aromatic nitrogens is 3. The van der Waals surface area contributed by atoms with Crippen LogP contribution < -0.4 is 5.32 Å². The molecule has 1 N–H and O–H groups in total. The zero-order valence-electron chi connectivity index (χ0n) is 10.7. The summed E-state index contributed by atoms with van der Waals surface area (Å²) >= 11 is 6.91. The van der Waals surface area contributed by atoms with Crippen LogP contribution in [0.3, 0.4) is 0 Å². The Hall–Kier alpha value is -1.40. The summed E-state index contributed by atoms with van der Waals surface area (Å²) in [5.74, 6) is 0.621. The third-order valence-electron chi connectivity index (χ3n) is 2.99. The number of fused-ring (bicyclic) bond motifs is 1. The molecule has 0 aliphatic carbocycles. The van der Waals surface area contributed by atoms with E-state index in [1.807, 2.05) is 30.5 Å². The van der Waals surface area contributed by atoms with Crippen LogP contribution in [0.15, 0.2) is 51.5 Å². The fourth-order valence-electron chi connectivity index (χ4n) is 1.97. The van der Waals surface area contributed by atoms with Crippen LogP contribution in [0.1, 0.15) is 18.5 Å². The molecule has 1 atom stereocenters. The van der Waals surface area contributed by atoms with Gasteiger partial charge in [0.25, 0.3) is 0 Å². The molecule has 0 saturated heterocycles. The first-order valence-corrected chi connectivity index (χ1v) is 7.74. The van der Waals surface area contributed by atoms with E-state index in [0.29, 0.717) is 5.95 Å². The number of pyridine rings is 1. The lowest BCUT2D eigenvalue weighted by Crippen LogP contribution is -2.07. The molecule has 0 aliphatic rings. The maximum atomic E-state index is 4.45. The Kier molecular flexibility index (Phi) is 3.76. The van der Waals surface area contributed by atoms with Gasteiger partial charge in [-0.1, -0.05) is 28.1 Å². The SMILES string of the molecule is CC(Nc1nc2ccc(Br)cn2n1)c1cccc(Br)c1. The van der Waals surface area contributed by atoms with E-state index >= 15 is 0 Å². The van der Waals surface area contributed by atoms with Crippen molar-refractivity contribution in [1.29, 1.82) is 0 Å². The Morgan fingerprint density at radius 3 is 2.80 bits per heavy atom. The van der Waals surface area contributed by atoms with Gasteiger partial charge < -0.3 is 5.32 Å². The van der Waals surface area contributed by atoms with Crippen LogP contribution in [-0.2, 0) is 0 Å². The topological polar surface area (TPSA) is 42.2 Å². The predicted octanol–water partition coefficient (Wildman–Crippen LogP) is 4.43. The molecule has 0 fully saturated rings. The van der Waals surface area contributed by atoms with Gasteiger partial charge in [0, 0.05) is 15.1 Å². The van der Waals surface area contributed by atoms with Crippen molar-refractivity contribution in [2.45, 2.75) is 13.0 Å². The molecule has 3 aromatic rings. The minimum Gasteiger partial charge on any atom is -0.346 e. The molecule has 2 aromatic heterocycles. The minimum absolute atomic E-state index is 0.133. The molecule has 3 rings (SSSR count). The summed E-state index contributed by atoms with van der Waals surface area (Å²) in [6, 6.07) is 12.2. The van der Waals surface area contributed by atoms with Gasteiger partial charge in [0.2, 0.25) is 5.95 Å². The molecule has 0 bridgehead atoms. The van der Waals surface area contributed by atoms with Crippen LogP contribution in [0.25, 0.3) is 5.65 Å². The average Bonchev–Trinajstić information content (AvgIpc) is 2.80. The van der Waals surface area contributed by atoms with Gasteiger partial charge in [-0.2, -0.15) is 4.98 Å². The summed E-state index contributed by atoms with van der Waals surface area (Å²) in [7, 11) is 0. The standard InChI is InChI=1S/C14H12Br2N4/c1-9(10-3-2-4-11(15)7-10)17-14-18-13-6-5-12(16)8-20(13)19-14/h2-9H,1H3,(H,17,19). The van der Waals surface area contributed by atoms with E-state index < -0.39 is 0 Å². The fourth-order valence-corrected chi connectivity index (χ4v) is 2.72. The van der Waals surface area contributed by atoms with Crippen LogP contribution >= 0.6 is 31.9 Å². The molecule has 0 spiro atoms. The second-order valence-corrected chi connectivity index (χ2v) is 6.34. The first-order chi connectivity index (χ1) is 9.61. The molecule has 0 aliphatic heterocycles. The Bertz CT molecular complexity index is 754. The van der Waals surface area contributed by atoms with Crippen LogP contribution in [0, 0.1) is 0 Å². The van der Waals surface area contributed by atoms with Gasteiger partial charge in [-0.05, 0) is 52.7 Å². The second kappa shape index (κ2) is 5.54. The molecule has 20 heavy (non-hydrogen) atoms. The number of halogens is 2. The van der Waals surface area contributed by atoms with Crippen molar-refractivity contribution in [3.63, 3.8) is 0 Å². The average molecular weight is 396 g/mol. The minimum atomic E-state index is 0.133. The third kappa shape index (κ3) is 2.86. The lowest BCUT2D eigenvalue weighted by molar-refractivity contribution is 0.851. The number of nitrogens with one attached hydrogen (secondary N) is 1. The number of hydrogen-bond donors (Lipinski definition) is 1. The van der Waals surface area contributed by atoms with Crippen LogP contribution in [-0.4, -0.2) is 14.6 Å². The van der Waals surface area contributed by atoms with Gasteiger partial charge in [0.1, 0.15) is 0 Å². The van der Waals surface area contributed by atoms with Crippen molar-refractivity contribution in [3.8, 4) is 0 Å². The van der Waals surface area contributed by atoms with Gasteiger partial charge in [-0.15, -0.1) is 5.10 Å². The number of nitrogens with zero attached hydrogens (tertiary/aromatic N) is 3. The van der Waals surface area contributed by atoms with E-state index in [9.17, 15) is 0 Å². The Morgan fingerprint density at radius 1 is 1.15 bits per heavy atom. The maximum Gasteiger partial charge on any atom is 0.243 e. The third-order valence-corrected chi connectivity index (χ3v) is 3.95. The van der Waals surface area contributed by atoms with Gasteiger partial charge in [-0.3, -0.25) is 0 Å². The van der Waals surface area contributed by atoms with Gasteiger partial charge in [0.05, 0.1) is 6.04 Å².